The predicted molar refractivity (Wildman–Crippen MR) is 141 cm³/mol. The number of unbranched alkanes of at least 4 members (excludes halogenated alkanes) is 1. The summed E-state index contributed by atoms with van der Waals surface area (Å²) >= 11 is 5.97. The van der Waals surface area contributed by atoms with Crippen LogP contribution in [0.3, 0.4) is 0 Å². The second kappa shape index (κ2) is 13.2. The van der Waals surface area contributed by atoms with Crippen molar-refractivity contribution < 1.29 is 27.7 Å². The van der Waals surface area contributed by atoms with Gasteiger partial charge in [0.2, 0.25) is 21.8 Å². The molecule has 2 amide bonds. The molecule has 0 saturated heterocycles. The second-order valence-electron chi connectivity index (χ2n) is 8.35. The van der Waals surface area contributed by atoms with Crippen molar-refractivity contribution in [3.05, 3.63) is 63.2 Å². The third-order valence-corrected chi connectivity index (χ3v) is 6.96. The molecule has 202 valence electrons. The summed E-state index contributed by atoms with van der Waals surface area (Å²) in [7, 11) is -2.82. The zero-order chi connectivity index (χ0) is 27.8. The summed E-state index contributed by atoms with van der Waals surface area (Å²) in [6.45, 7) is 3.25. The average Bonchev–Trinajstić information content (AvgIpc) is 2.85. The number of amides is 2. The molecule has 0 saturated carbocycles. The lowest BCUT2D eigenvalue weighted by molar-refractivity contribution is -0.384. The van der Waals surface area contributed by atoms with Gasteiger partial charge in [-0.15, -0.1) is 0 Å². The summed E-state index contributed by atoms with van der Waals surface area (Å²) in [4.78, 5) is 38.3. The summed E-state index contributed by atoms with van der Waals surface area (Å²) in [6, 6.07) is 9.19. The molecule has 37 heavy (non-hydrogen) atoms. The number of nitrogens with one attached hydrogen (secondary N) is 1. The topological polar surface area (TPSA) is 139 Å². The molecule has 13 heteroatoms. The monoisotopic (exact) mass is 554 g/mol. The Kier molecular flexibility index (Phi) is 10.7. The lowest BCUT2D eigenvalue weighted by Gasteiger charge is -2.31. The number of non-ortho nitro benzene ring substituents is 1. The van der Waals surface area contributed by atoms with E-state index in [0.717, 1.165) is 29.5 Å². The molecule has 0 aliphatic rings. The number of sulfonamides is 1. The van der Waals surface area contributed by atoms with Crippen molar-refractivity contribution in [2.75, 3.05) is 30.8 Å². The van der Waals surface area contributed by atoms with Crippen LogP contribution in [0.1, 0.15) is 32.3 Å². The molecule has 1 atom stereocenters. The van der Waals surface area contributed by atoms with Crippen molar-refractivity contribution in [1.29, 1.82) is 0 Å². The SMILES string of the molecule is CCCCNC(=O)C(C)N(Cc1ccc(Cl)cc1)C(=O)CN(c1cc([N+](=O)[O-])ccc1OC)S(C)(=O)=O. The number of nitrogens with zero attached hydrogens (tertiary/aromatic N) is 3. The first-order valence-electron chi connectivity index (χ1n) is 11.5. The number of carbonyl (C=O) groups excluding carboxylic acids is 2. The van der Waals surface area contributed by atoms with E-state index in [-0.39, 0.29) is 23.7 Å². The molecule has 0 radical (unpaired) electrons. The lowest BCUT2D eigenvalue weighted by Crippen LogP contribution is -2.51. The Morgan fingerprint density at radius 1 is 1.19 bits per heavy atom. The van der Waals surface area contributed by atoms with Crippen LogP contribution in [-0.4, -0.2) is 62.6 Å². The highest BCUT2D eigenvalue weighted by molar-refractivity contribution is 7.92. The minimum Gasteiger partial charge on any atom is -0.495 e. The largest absolute Gasteiger partial charge is 0.495 e. The second-order valence-corrected chi connectivity index (χ2v) is 10.7. The van der Waals surface area contributed by atoms with Crippen LogP contribution in [0.25, 0.3) is 0 Å². The van der Waals surface area contributed by atoms with E-state index in [0.29, 0.717) is 17.1 Å². The van der Waals surface area contributed by atoms with Crippen LogP contribution in [0.4, 0.5) is 11.4 Å². The number of halogens is 1. The van der Waals surface area contributed by atoms with Crippen molar-refractivity contribution in [2.24, 2.45) is 0 Å². The fourth-order valence-electron chi connectivity index (χ4n) is 3.49. The third-order valence-electron chi connectivity index (χ3n) is 5.58. The van der Waals surface area contributed by atoms with E-state index in [1.54, 1.807) is 31.2 Å². The highest BCUT2D eigenvalue weighted by Crippen LogP contribution is 2.33. The molecule has 11 nitrogen and oxygen atoms in total. The molecule has 0 heterocycles. The van der Waals surface area contributed by atoms with Gasteiger partial charge in [-0.25, -0.2) is 8.42 Å². The number of nitro groups is 1. The number of ether oxygens (including phenoxy) is 1. The zero-order valence-electron chi connectivity index (χ0n) is 21.1. The number of anilines is 1. The predicted octanol–water partition coefficient (Wildman–Crippen LogP) is 3.36. The fraction of sp³-hybridized carbons (Fsp3) is 0.417. The lowest BCUT2D eigenvalue weighted by atomic mass is 10.1. The highest BCUT2D eigenvalue weighted by Gasteiger charge is 2.32. The number of hydrogen-bond donors (Lipinski definition) is 1. The van der Waals surface area contributed by atoms with Crippen LogP contribution >= 0.6 is 11.6 Å². The Hall–Kier alpha value is -3.38. The van der Waals surface area contributed by atoms with E-state index < -0.39 is 39.3 Å². The summed E-state index contributed by atoms with van der Waals surface area (Å²) in [5.41, 5.74) is 0.127. The standard InChI is InChI=1S/C24H31ClN4O7S/c1-5-6-13-26-24(31)17(2)27(15-18-7-9-19(25)10-8-18)23(30)16-28(37(4,34)35)21-14-20(29(32)33)11-12-22(21)36-3/h7-12,14,17H,5-6,13,15-16H2,1-4H3,(H,26,31). The Labute approximate surface area is 221 Å². The first-order chi connectivity index (χ1) is 17.4. The van der Waals surface area contributed by atoms with Crippen LogP contribution in [0.2, 0.25) is 5.02 Å². The number of benzene rings is 2. The van der Waals surface area contributed by atoms with Crippen LogP contribution in [0.5, 0.6) is 5.75 Å². The summed E-state index contributed by atoms with van der Waals surface area (Å²) in [6.07, 6.45) is 2.51. The van der Waals surface area contributed by atoms with Gasteiger partial charge in [0.05, 0.1) is 18.3 Å². The molecular weight excluding hydrogens is 524 g/mol. The third kappa shape index (κ3) is 8.32. The number of carbonyl (C=O) groups is 2. The molecule has 2 aromatic rings. The van der Waals surface area contributed by atoms with Crippen LogP contribution in [-0.2, 0) is 26.2 Å². The molecule has 0 spiro atoms. The fourth-order valence-corrected chi connectivity index (χ4v) is 4.46. The molecule has 1 N–H and O–H groups in total. The van der Waals surface area contributed by atoms with Gasteiger partial charge in [0.1, 0.15) is 24.0 Å². The van der Waals surface area contributed by atoms with E-state index in [1.165, 1.54) is 24.1 Å². The van der Waals surface area contributed by atoms with E-state index in [1.807, 2.05) is 6.92 Å². The van der Waals surface area contributed by atoms with E-state index in [2.05, 4.69) is 5.32 Å². The Morgan fingerprint density at radius 2 is 1.84 bits per heavy atom. The molecular formula is C24H31ClN4O7S. The van der Waals surface area contributed by atoms with Crippen molar-refractivity contribution in [3.8, 4) is 5.75 Å². The van der Waals surface area contributed by atoms with Gasteiger partial charge in [-0.2, -0.15) is 0 Å². The molecule has 0 fully saturated rings. The quantitative estimate of drug-likeness (QED) is 0.227. The summed E-state index contributed by atoms with van der Waals surface area (Å²) < 4.78 is 31.4. The maximum absolute atomic E-state index is 13.6. The summed E-state index contributed by atoms with van der Waals surface area (Å²) in [5.74, 6) is -1.06. The van der Waals surface area contributed by atoms with Crippen molar-refractivity contribution in [3.63, 3.8) is 0 Å². The molecule has 0 bridgehead atoms. The van der Waals surface area contributed by atoms with Gasteiger partial charge in [0.25, 0.3) is 5.69 Å². The molecule has 2 rings (SSSR count). The van der Waals surface area contributed by atoms with Gasteiger partial charge >= 0.3 is 0 Å². The normalized spacial score (nSPS) is 11.9. The molecule has 0 aliphatic carbocycles. The summed E-state index contributed by atoms with van der Waals surface area (Å²) in [5, 5.41) is 14.6. The van der Waals surface area contributed by atoms with Crippen molar-refractivity contribution in [2.45, 2.75) is 39.3 Å². The van der Waals surface area contributed by atoms with Gasteiger partial charge in [0.15, 0.2) is 0 Å². The van der Waals surface area contributed by atoms with Crippen LogP contribution < -0.4 is 14.4 Å². The van der Waals surface area contributed by atoms with E-state index in [4.69, 9.17) is 16.3 Å². The first kappa shape index (κ1) is 29.8. The van der Waals surface area contributed by atoms with Crippen molar-refractivity contribution in [1.82, 2.24) is 10.2 Å². The Bertz CT molecular complexity index is 1220. The molecule has 1 unspecified atom stereocenters. The number of hydrogen-bond acceptors (Lipinski definition) is 7. The van der Waals surface area contributed by atoms with Gasteiger partial charge in [0, 0.05) is 30.2 Å². The number of nitro benzene ring substituents is 1. The Morgan fingerprint density at radius 3 is 2.38 bits per heavy atom. The van der Waals surface area contributed by atoms with Gasteiger partial charge in [-0.3, -0.25) is 24.0 Å². The molecule has 0 aromatic heterocycles. The zero-order valence-corrected chi connectivity index (χ0v) is 22.7. The van der Waals surface area contributed by atoms with E-state index in [9.17, 15) is 28.1 Å². The van der Waals surface area contributed by atoms with Gasteiger partial charge in [-0.05, 0) is 37.1 Å². The highest BCUT2D eigenvalue weighted by atomic mass is 35.5. The maximum atomic E-state index is 13.6. The maximum Gasteiger partial charge on any atom is 0.271 e. The van der Waals surface area contributed by atoms with E-state index >= 15 is 0 Å². The van der Waals surface area contributed by atoms with Gasteiger partial charge in [-0.1, -0.05) is 37.1 Å². The molecule has 2 aromatic carbocycles. The van der Waals surface area contributed by atoms with Gasteiger partial charge < -0.3 is 15.0 Å². The first-order valence-corrected chi connectivity index (χ1v) is 13.7. The minimum absolute atomic E-state index is 0.00202. The number of rotatable bonds is 13. The van der Waals surface area contributed by atoms with Crippen LogP contribution in [0, 0.1) is 10.1 Å². The van der Waals surface area contributed by atoms with Crippen molar-refractivity contribution >= 4 is 44.8 Å². The van der Waals surface area contributed by atoms with Crippen LogP contribution in [0.15, 0.2) is 42.5 Å². The minimum atomic E-state index is -4.10. The smallest absolute Gasteiger partial charge is 0.271 e. The Balaban J connectivity index is 2.47. The number of methoxy groups -OCH3 is 1. The molecule has 0 aliphatic heterocycles. The average molecular weight is 555 g/mol.